The molecule has 0 amide bonds. The van der Waals surface area contributed by atoms with Crippen LogP contribution in [-0.4, -0.2) is 27.2 Å². The van der Waals surface area contributed by atoms with Crippen LogP contribution in [0.2, 0.25) is 0 Å². The summed E-state index contributed by atoms with van der Waals surface area (Å²) in [6.07, 6.45) is 0. The van der Waals surface area contributed by atoms with Gasteiger partial charge in [0, 0.05) is 62.9 Å². The minimum atomic E-state index is 0. The Labute approximate surface area is 707 Å². The molecular weight excluding hydrogens is 1560 g/mol. The fourth-order valence-electron chi connectivity index (χ4n) is 20.0. The van der Waals surface area contributed by atoms with Crippen LogP contribution < -0.4 is 20.0 Å². The molecule has 0 atom stereocenters. The number of fused-ring (bicyclic) bond motifs is 38. The maximum Gasteiger partial charge on any atom is 0.159 e. The topological polar surface area (TPSA) is 82.6 Å². The van der Waals surface area contributed by atoms with E-state index in [9.17, 15) is 0 Å². The van der Waals surface area contributed by atoms with Gasteiger partial charge in [0.15, 0.2) is 5.58 Å². The fourth-order valence-corrected chi connectivity index (χ4v) is 20.4. The van der Waals surface area contributed by atoms with E-state index in [1.807, 2.05) is 36.4 Å². The number of halogens is 1. The van der Waals surface area contributed by atoms with Crippen molar-refractivity contribution in [1.29, 1.82) is 0 Å². The van der Waals surface area contributed by atoms with E-state index in [1.165, 1.54) is 86.2 Å². The molecule has 26 aromatic rings. The molecule has 6 aromatic heterocycles. The maximum atomic E-state index is 6.78. The second-order valence-electron chi connectivity index (χ2n) is 31.6. The van der Waals surface area contributed by atoms with Gasteiger partial charge in [-0.15, -0.1) is 0 Å². The molecule has 0 aliphatic carbocycles. The van der Waals surface area contributed by atoms with Gasteiger partial charge in [-0.05, 0) is 237 Å². The first-order chi connectivity index (χ1) is 60.0. The molecule has 0 fully saturated rings. The Kier molecular flexibility index (Phi) is 15.3. The van der Waals surface area contributed by atoms with Crippen LogP contribution in [0.5, 0.6) is 0 Å². The summed E-state index contributed by atoms with van der Waals surface area (Å²) in [7, 11) is 0. The third-order valence-electron chi connectivity index (χ3n) is 25.2. The first kappa shape index (κ1) is 69.4. The van der Waals surface area contributed by atoms with Gasteiger partial charge < -0.3 is 28.9 Å². The second kappa shape index (κ2) is 26.9. The number of pyridine rings is 2. The van der Waals surface area contributed by atoms with Crippen LogP contribution in [-0.2, 0) is 0 Å². The zero-order valence-electron chi connectivity index (χ0n) is 65.4. The van der Waals surface area contributed by atoms with Crippen molar-refractivity contribution in [3.63, 3.8) is 0 Å². The van der Waals surface area contributed by atoms with Crippen molar-refractivity contribution in [3.8, 4) is 0 Å². The highest BCUT2D eigenvalue weighted by Gasteiger charge is 2.35. The predicted molar refractivity (Wildman–Crippen MR) is 516 cm³/mol. The SMILES string of the molecule is Brc1cccc2c1oc1ccccc12.[B].c1ccc2c(c1)N(c1ccc3c(c1)c1ccccc1n1c4ccccc4nc31)c1cc3c4ccccc4c4ccccc4c3cc1N2c1cccc2c1oc1ccccc12.c1ccc2c(c1)Nc1cc3c4ccccc4c4ccccc4c3cc1N2c1ccc2c(c1)c1ccccc1n1c3ccccc3nc21. The van der Waals surface area contributed by atoms with Crippen LogP contribution in [0.4, 0.5) is 62.6 Å². The standard InChI is InChI=1S/C55H32N4O.C43H26N4.C12H7BrO.B/c1-3-16-36-34(14-1)35-15-2-4-17-37(35)44-32-52-51(31-43(36)44)57(48-24-10-11-25-49(48)58(52)50-26-13-20-40-39-19-6-12-27-53(39)60-54(40)50)33-28-29-41-42(30-33)38-18-5-8-22-46(38)59-47-23-9-7-21-45(47)56-55(41)59;1-3-13-29-27(11-1)28-12-2-4-14-30(28)35-25-42-38(24-34(29)35)44-36-16-6-9-19-40(36)46(42)26-21-22-32-33(23-26)31-15-5-8-18-39(31)47-41-20-10-7-17-37(41)45-43(32)47;13-10-6-3-5-9-8-4-1-2-7-11(8)14-12(9)10;/h1-32H;1-25,44H;1-7H;. The summed E-state index contributed by atoms with van der Waals surface area (Å²) in [5.74, 6) is 0. The molecule has 2 aliphatic rings. The van der Waals surface area contributed by atoms with Gasteiger partial charge in [-0.3, -0.25) is 8.80 Å². The molecular formula is C110H65BBrN8O2. The molecule has 2 aliphatic heterocycles. The van der Waals surface area contributed by atoms with Crippen molar-refractivity contribution in [2.24, 2.45) is 0 Å². The number of benzene rings is 20. The molecule has 0 spiro atoms. The van der Waals surface area contributed by atoms with Crippen LogP contribution in [0.1, 0.15) is 0 Å². The van der Waals surface area contributed by atoms with E-state index in [1.54, 1.807) is 0 Å². The summed E-state index contributed by atoms with van der Waals surface area (Å²) in [5.41, 5.74) is 24.0. The second-order valence-corrected chi connectivity index (χ2v) is 32.5. The van der Waals surface area contributed by atoms with Gasteiger partial charge in [0.05, 0.1) is 88.8 Å². The Morgan fingerprint density at radius 1 is 0.221 bits per heavy atom. The van der Waals surface area contributed by atoms with Gasteiger partial charge in [-0.25, -0.2) is 9.97 Å². The lowest BCUT2D eigenvalue weighted by Crippen LogP contribution is -2.24. The van der Waals surface area contributed by atoms with Gasteiger partial charge in [0.1, 0.15) is 28.0 Å². The molecule has 1 N–H and O–H groups in total. The lowest BCUT2D eigenvalue weighted by atomic mass is 9.92. The Hall–Kier alpha value is -15.8. The van der Waals surface area contributed by atoms with E-state index >= 15 is 0 Å². The van der Waals surface area contributed by atoms with E-state index in [0.717, 1.165) is 166 Å². The maximum absolute atomic E-state index is 6.78. The quantitative estimate of drug-likeness (QED) is 0.138. The third kappa shape index (κ3) is 10.2. The average Bonchev–Trinajstić information content (AvgIpc) is 0.963. The summed E-state index contributed by atoms with van der Waals surface area (Å²) in [4.78, 5) is 17.7. The predicted octanol–water partition coefficient (Wildman–Crippen LogP) is 31.2. The third-order valence-corrected chi connectivity index (χ3v) is 25.8. The Balaban J connectivity index is 0.000000117. The van der Waals surface area contributed by atoms with E-state index in [-0.39, 0.29) is 8.41 Å². The summed E-state index contributed by atoms with van der Waals surface area (Å²) < 4.78 is 18.1. The molecule has 12 heteroatoms. The van der Waals surface area contributed by atoms with Crippen LogP contribution in [0.15, 0.2) is 402 Å². The number of aromatic nitrogens is 4. The molecule has 567 valence electrons. The molecule has 28 rings (SSSR count). The van der Waals surface area contributed by atoms with E-state index < -0.39 is 0 Å². The van der Waals surface area contributed by atoms with E-state index in [4.69, 9.17) is 18.8 Å². The zero-order valence-corrected chi connectivity index (χ0v) is 66.9. The summed E-state index contributed by atoms with van der Waals surface area (Å²) >= 11 is 3.48. The van der Waals surface area contributed by atoms with Crippen molar-refractivity contribution >= 4 is 272 Å². The molecule has 122 heavy (non-hydrogen) atoms. The summed E-state index contributed by atoms with van der Waals surface area (Å²) in [5, 5.41) is 30.3. The van der Waals surface area contributed by atoms with Crippen LogP contribution in [0.3, 0.4) is 0 Å². The van der Waals surface area contributed by atoms with Crippen LogP contribution in [0.25, 0.3) is 185 Å². The number of nitrogens with zero attached hydrogens (tertiary/aromatic N) is 7. The lowest BCUT2D eigenvalue weighted by molar-refractivity contribution is 0.667. The molecule has 0 bridgehead atoms. The number of nitrogens with one attached hydrogen (secondary N) is 1. The van der Waals surface area contributed by atoms with E-state index in [2.05, 4.69) is 397 Å². The van der Waals surface area contributed by atoms with Crippen molar-refractivity contribution in [1.82, 2.24) is 18.8 Å². The minimum absolute atomic E-state index is 0. The van der Waals surface area contributed by atoms with Crippen molar-refractivity contribution in [3.05, 3.63) is 393 Å². The van der Waals surface area contributed by atoms with Gasteiger partial charge in [-0.1, -0.05) is 243 Å². The Morgan fingerprint density at radius 3 is 1.08 bits per heavy atom. The summed E-state index contributed by atoms with van der Waals surface area (Å²) in [6, 6.07) is 139. The molecule has 20 aromatic carbocycles. The number of furan rings is 2. The van der Waals surface area contributed by atoms with Crippen molar-refractivity contribution in [2.45, 2.75) is 0 Å². The Morgan fingerprint density at radius 2 is 0.566 bits per heavy atom. The van der Waals surface area contributed by atoms with Gasteiger partial charge in [0.25, 0.3) is 0 Å². The molecule has 10 nitrogen and oxygen atoms in total. The highest BCUT2D eigenvalue weighted by molar-refractivity contribution is 9.10. The lowest BCUT2D eigenvalue weighted by Gasteiger charge is -2.40. The first-order valence-corrected chi connectivity index (χ1v) is 41.7. The number of hydrogen-bond acceptors (Lipinski definition) is 8. The fraction of sp³-hybridized carbons (Fsp3) is 0. The zero-order chi connectivity index (χ0) is 79.2. The molecule has 8 heterocycles. The summed E-state index contributed by atoms with van der Waals surface area (Å²) in [6.45, 7) is 0. The average molecular weight is 1620 g/mol. The largest absolute Gasteiger partial charge is 0.455 e. The number of rotatable bonds is 3. The molecule has 3 radical (unpaired) electrons. The van der Waals surface area contributed by atoms with Gasteiger partial charge >= 0.3 is 0 Å². The van der Waals surface area contributed by atoms with Crippen LogP contribution >= 0.6 is 15.9 Å². The number of anilines is 11. The number of hydrogen-bond donors (Lipinski definition) is 1. The smallest absolute Gasteiger partial charge is 0.159 e. The normalized spacial score (nSPS) is 12.6. The van der Waals surface area contributed by atoms with Gasteiger partial charge in [-0.2, -0.15) is 0 Å². The molecule has 0 unspecified atom stereocenters. The van der Waals surface area contributed by atoms with Crippen molar-refractivity contribution in [2.75, 3.05) is 20.0 Å². The van der Waals surface area contributed by atoms with E-state index in [0.29, 0.717) is 0 Å². The Bertz CT molecular complexity index is 9000. The number of para-hydroxylation sites is 14. The highest BCUT2D eigenvalue weighted by Crippen LogP contribution is 2.59. The monoisotopic (exact) mass is 1620 g/mol. The van der Waals surface area contributed by atoms with Crippen molar-refractivity contribution < 1.29 is 8.83 Å². The first-order valence-electron chi connectivity index (χ1n) is 41.0. The van der Waals surface area contributed by atoms with Gasteiger partial charge in [0.2, 0.25) is 0 Å². The molecule has 0 saturated heterocycles. The molecule has 0 saturated carbocycles. The van der Waals surface area contributed by atoms with Crippen LogP contribution in [0, 0.1) is 0 Å². The minimum Gasteiger partial charge on any atom is -0.455 e. The number of imidazole rings is 2. The highest BCUT2D eigenvalue weighted by atomic mass is 79.9.